The van der Waals surface area contributed by atoms with Crippen LogP contribution in [0.15, 0.2) is 42.5 Å². The molecule has 2 aromatic carbocycles. The van der Waals surface area contributed by atoms with Gasteiger partial charge in [-0.1, -0.05) is 12.1 Å². The molecule has 8 heteroatoms. The molecule has 0 saturated heterocycles. The molecule has 23 heavy (non-hydrogen) atoms. The number of halogens is 1. The van der Waals surface area contributed by atoms with Gasteiger partial charge >= 0.3 is 0 Å². The van der Waals surface area contributed by atoms with Gasteiger partial charge in [0.2, 0.25) is 10.0 Å². The van der Waals surface area contributed by atoms with E-state index in [1.807, 2.05) is 0 Å². The number of nitrogens with one attached hydrogen (secondary N) is 2. The van der Waals surface area contributed by atoms with Crippen molar-refractivity contribution in [1.82, 2.24) is 0 Å². The molecule has 3 rings (SSSR count). The summed E-state index contributed by atoms with van der Waals surface area (Å²) in [6, 6.07) is 9.83. The molecule has 1 aliphatic rings. The Balaban J connectivity index is 1.76. The van der Waals surface area contributed by atoms with E-state index in [4.69, 9.17) is 4.74 Å². The third kappa shape index (κ3) is 3.78. The van der Waals surface area contributed by atoms with Crippen molar-refractivity contribution in [1.29, 1.82) is 0 Å². The van der Waals surface area contributed by atoms with Crippen LogP contribution in [0.4, 0.5) is 15.8 Å². The quantitative estimate of drug-likeness (QED) is 0.895. The predicted octanol–water partition coefficient (Wildman–Crippen LogP) is 2.10. The molecular weight excluding hydrogens is 323 g/mol. The van der Waals surface area contributed by atoms with Crippen LogP contribution in [0, 0.1) is 5.82 Å². The van der Waals surface area contributed by atoms with Crippen molar-refractivity contribution < 1.29 is 22.3 Å². The molecule has 0 saturated carbocycles. The lowest BCUT2D eigenvalue weighted by Gasteiger charge is -2.18. The summed E-state index contributed by atoms with van der Waals surface area (Å²) in [5.74, 6) is -0.535. The Labute approximate surface area is 132 Å². The molecule has 1 amide bonds. The minimum absolute atomic E-state index is 0.0668. The molecular formula is C15H13FN2O4S. The number of carbonyl (C=O) groups is 1. The van der Waals surface area contributed by atoms with Gasteiger partial charge in [0, 0.05) is 0 Å². The highest BCUT2D eigenvalue weighted by molar-refractivity contribution is 7.91. The fraction of sp³-hybridized carbons (Fsp3) is 0.133. The van der Waals surface area contributed by atoms with E-state index in [1.54, 1.807) is 12.1 Å². The van der Waals surface area contributed by atoms with Crippen LogP contribution in [0.2, 0.25) is 0 Å². The van der Waals surface area contributed by atoms with E-state index in [0.717, 1.165) is 0 Å². The van der Waals surface area contributed by atoms with Crippen LogP contribution in [0.3, 0.4) is 0 Å². The molecule has 0 aliphatic carbocycles. The van der Waals surface area contributed by atoms with Crippen LogP contribution in [-0.4, -0.2) is 20.9 Å². The van der Waals surface area contributed by atoms with Gasteiger partial charge in [-0.25, -0.2) is 12.8 Å². The van der Waals surface area contributed by atoms with Gasteiger partial charge in [-0.15, -0.1) is 0 Å². The Bertz CT molecular complexity index is 850. The number of ether oxygens (including phenoxy) is 1. The Kier molecular flexibility index (Phi) is 3.91. The number of sulfonamides is 1. The highest BCUT2D eigenvalue weighted by atomic mass is 32.2. The number of amides is 1. The van der Waals surface area contributed by atoms with E-state index in [0.29, 0.717) is 22.7 Å². The third-order valence-corrected chi connectivity index (χ3v) is 4.42. The highest BCUT2D eigenvalue weighted by Crippen LogP contribution is 2.30. The van der Waals surface area contributed by atoms with Gasteiger partial charge in [0.1, 0.15) is 11.6 Å². The van der Waals surface area contributed by atoms with Gasteiger partial charge in [0.25, 0.3) is 5.91 Å². The van der Waals surface area contributed by atoms with Crippen LogP contribution in [-0.2, 0) is 20.6 Å². The first-order valence-electron chi connectivity index (χ1n) is 6.73. The number of rotatable bonds is 4. The molecule has 0 fully saturated rings. The first kappa shape index (κ1) is 15.3. The van der Waals surface area contributed by atoms with Gasteiger partial charge in [-0.05, 0) is 35.9 Å². The summed E-state index contributed by atoms with van der Waals surface area (Å²) >= 11 is 0. The fourth-order valence-corrected chi connectivity index (χ4v) is 3.35. The minimum Gasteiger partial charge on any atom is -0.482 e. The zero-order chi connectivity index (χ0) is 16.4. The van der Waals surface area contributed by atoms with Crippen LogP contribution >= 0.6 is 0 Å². The molecule has 0 unspecified atom stereocenters. The van der Waals surface area contributed by atoms with Gasteiger partial charge in [0.15, 0.2) is 6.61 Å². The van der Waals surface area contributed by atoms with Crippen molar-refractivity contribution in [3.05, 3.63) is 53.8 Å². The molecule has 0 radical (unpaired) electrons. The molecule has 1 heterocycles. The van der Waals surface area contributed by atoms with Crippen molar-refractivity contribution in [3.8, 4) is 5.75 Å². The Morgan fingerprint density at radius 1 is 1.17 bits per heavy atom. The average molecular weight is 336 g/mol. The standard InChI is InChI=1S/C15H13FN2O4S/c16-11-3-1-10(2-4-11)9-23(20,21)18-12-5-6-14-13(7-12)17-15(19)8-22-14/h1-7,18H,8-9H2,(H,17,19). The highest BCUT2D eigenvalue weighted by Gasteiger charge is 2.18. The monoisotopic (exact) mass is 336 g/mol. The lowest BCUT2D eigenvalue weighted by atomic mass is 10.2. The molecule has 0 bridgehead atoms. The van der Waals surface area contributed by atoms with Crippen molar-refractivity contribution in [3.63, 3.8) is 0 Å². The first-order valence-corrected chi connectivity index (χ1v) is 8.38. The summed E-state index contributed by atoms with van der Waals surface area (Å²) in [6.07, 6.45) is 0. The Morgan fingerprint density at radius 2 is 1.91 bits per heavy atom. The van der Waals surface area contributed by atoms with E-state index in [9.17, 15) is 17.6 Å². The summed E-state index contributed by atoms with van der Waals surface area (Å²) in [5.41, 5.74) is 1.17. The lowest BCUT2D eigenvalue weighted by molar-refractivity contribution is -0.118. The van der Waals surface area contributed by atoms with Crippen molar-refractivity contribution in [2.24, 2.45) is 0 Å². The Morgan fingerprint density at radius 3 is 2.65 bits per heavy atom. The topological polar surface area (TPSA) is 84.5 Å². The first-order chi connectivity index (χ1) is 10.9. The summed E-state index contributed by atoms with van der Waals surface area (Å²) in [5, 5.41) is 2.60. The maximum atomic E-state index is 12.8. The van der Waals surface area contributed by atoms with E-state index >= 15 is 0 Å². The number of fused-ring (bicyclic) bond motifs is 1. The molecule has 2 aromatic rings. The summed E-state index contributed by atoms with van der Waals surface area (Å²) in [6.45, 7) is -0.0668. The third-order valence-electron chi connectivity index (χ3n) is 3.16. The predicted molar refractivity (Wildman–Crippen MR) is 83.2 cm³/mol. The van der Waals surface area contributed by atoms with Gasteiger partial charge in [-0.3, -0.25) is 9.52 Å². The second-order valence-electron chi connectivity index (χ2n) is 5.04. The molecule has 120 valence electrons. The van der Waals surface area contributed by atoms with Crippen LogP contribution in [0.5, 0.6) is 5.75 Å². The molecule has 0 spiro atoms. The van der Waals surface area contributed by atoms with Gasteiger partial charge < -0.3 is 10.1 Å². The number of anilines is 2. The zero-order valence-electron chi connectivity index (χ0n) is 11.9. The van der Waals surface area contributed by atoms with Crippen molar-refractivity contribution >= 4 is 27.3 Å². The minimum atomic E-state index is -3.67. The average Bonchev–Trinajstić information content (AvgIpc) is 2.48. The Hall–Kier alpha value is -2.61. The summed E-state index contributed by atoms with van der Waals surface area (Å²) in [7, 11) is -3.67. The number of hydrogen-bond donors (Lipinski definition) is 2. The van der Waals surface area contributed by atoms with E-state index < -0.39 is 15.8 Å². The second-order valence-corrected chi connectivity index (χ2v) is 6.76. The van der Waals surface area contributed by atoms with Crippen LogP contribution in [0.1, 0.15) is 5.56 Å². The summed E-state index contributed by atoms with van der Waals surface area (Å²) in [4.78, 5) is 11.3. The zero-order valence-corrected chi connectivity index (χ0v) is 12.7. The van der Waals surface area contributed by atoms with Crippen molar-refractivity contribution in [2.45, 2.75) is 5.75 Å². The number of carbonyl (C=O) groups excluding carboxylic acids is 1. The van der Waals surface area contributed by atoms with E-state index in [1.165, 1.54) is 30.3 Å². The van der Waals surface area contributed by atoms with Gasteiger partial charge in [0.05, 0.1) is 17.1 Å². The van der Waals surface area contributed by atoms with Crippen LogP contribution < -0.4 is 14.8 Å². The molecule has 6 nitrogen and oxygen atoms in total. The molecule has 0 aromatic heterocycles. The summed E-state index contributed by atoms with van der Waals surface area (Å²) < 4.78 is 44.8. The number of benzene rings is 2. The van der Waals surface area contributed by atoms with Crippen LogP contribution in [0.25, 0.3) is 0 Å². The molecule has 0 atom stereocenters. The molecule has 2 N–H and O–H groups in total. The van der Waals surface area contributed by atoms with Crippen molar-refractivity contribution in [2.75, 3.05) is 16.6 Å². The number of hydrogen-bond acceptors (Lipinski definition) is 4. The van der Waals surface area contributed by atoms with Gasteiger partial charge in [-0.2, -0.15) is 0 Å². The smallest absolute Gasteiger partial charge is 0.262 e. The SMILES string of the molecule is O=C1COc2ccc(NS(=O)(=O)Cc3ccc(F)cc3)cc2N1. The van der Waals surface area contributed by atoms with E-state index in [-0.39, 0.29) is 18.3 Å². The second kappa shape index (κ2) is 5.88. The lowest BCUT2D eigenvalue weighted by Crippen LogP contribution is -2.25. The maximum Gasteiger partial charge on any atom is 0.262 e. The van der Waals surface area contributed by atoms with E-state index in [2.05, 4.69) is 10.0 Å². The fourth-order valence-electron chi connectivity index (χ4n) is 2.16. The maximum absolute atomic E-state index is 12.8. The molecule has 1 aliphatic heterocycles. The largest absolute Gasteiger partial charge is 0.482 e. The normalized spacial score (nSPS) is 13.7.